The van der Waals surface area contributed by atoms with Crippen molar-refractivity contribution in [3.8, 4) is 11.8 Å². The lowest BCUT2D eigenvalue weighted by Gasteiger charge is -1.96. The standard InChI is InChI=1S/C12H11N3OS2/c1-8-4-5-10(17-8)11(16)15-12-14-7-9(18-12)3-2-6-13/h4-5,7H,6,13H2,1H3,(H,14,15,16). The van der Waals surface area contributed by atoms with Gasteiger partial charge >= 0.3 is 0 Å². The number of carbonyl (C=O) groups is 1. The zero-order valence-electron chi connectivity index (χ0n) is 9.69. The molecule has 3 N–H and O–H groups in total. The molecular weight excluding hydrogens is 266 g/mol. The highest BCUT2D eigenvalue weighted by atomic mass is 32.1. The molecule has 2 aromatic heterocycles. The molecule has 0 atom stereocenters. The highest BCUT2D eigenvalue weighted by molar-refractivity contribution is 7.16. The Balaban J connectivity index is 2.05. The molecule has 6 heteroatoms. The molecule has 2 aromatic rings. The molecule has 0 saturated carbocycles. The number of nitrogens with zero attached hydrogens (tertiary/aromatic N) is 1. The molecule has 0 aliphatic carbocycles. The largest absolute Gasteiger partial charge is 0.320 e. The van der Waals surface area contributed by atoms with Crippen LogP contribution >= 0.6 is 22.7 Å². The zero-order chi connectivity index (χ0) is 13.0. The maximum atomic E-state index is 11.9. The Hall–Kier alpha value is -1.68. The fourth-order valence-corrected chi connectivity index (χ4v) is 2.69. The van der Waals surface area contributed by atoms with Crippen LogP contribution in [0.5, 0.6) is 0 Å². The van der Waals surface area contributed by atoms with Crippen LogP contribution in [-0.4, -0.2) is 17.4 Å². The first kappa shape index (κ1) is 12.8. The summed E-state index contributed by atoms with van der Waals surface area (Å²) in [7, 11) is 0. The summed E-state index contributed by atoms with van der Waals surface area (Å²) < 4.78 is 0. The molecule has 0 bridgehead atoms. The van der Waals surface area contributed by atoms with Gasteiger partial charge in [0.15, 0.2) is 5.13 Å². The van der Waals surface area contributed by atoms with Crippen LogP contribution in [0.25, 0.3) is 0 Å². The number of rotatable bonds is 2. The van der Waals surface area contributed by atoms with Gasteiger partial charge in [0.2, 0.25) is 0 Å². The number of hydrogen-bond acceptors (Lipinski definition) is 5. The SMILES string of the molecule is Cc1ccc(C(=O)Nc2ncc(C#CCN)s2)s1. The van der Waals surface area contributed by atoms with Crippen molar-refractivity contribution in [2.75, 3.05) is 11.9 Å². The third-order valence-corrected chi connectivity index (χ3v) is 3.83. The minimum absolute atomic E-state index is 0.138. The van der Waals surface area contributed by atoms with E-state index in [0.29, 0.717) is 16.6 Å². The summed E-state index contributed by atoms with van der Waals surface area (Å²) >= 11 is 2.79. The van der Waals surface area contributed by atoms with E-state index in [4.69, 9.17) is 5.73 Å². The number of aromatic nitrogens is 1. The Bertz CT molecular complexity index is 619. The normalized spacial score (nSPS) is 9.67. The zero-order valence-corrected chi connectivity index (χ0v) is 11.3. The molecule has 0 fully saturated rings. The van der Waals surface area contributed by atoms with Crippen molar-refractivity contribution in [1.82, 2.24) is 4.98 Å². The number of thiazole rings is 1. The van der Waals surface area contributed by atoms with E-state index in [9.17, 15) is 4.79 Å². The lowest BCUT2D eigenvalue weighted by molar-refractivity contribution is 0.103. The number of hydrogen-bond donors (Lipinski definition) is 2. The Morgan fingerprint density at radius 2 is 2.33 bits per heavy atom. The lowest BCUT2D eigenvalue weighted by Crippen LogP contribution is -2.09. The van der Waals surface area contributed by atoms with Crippen LogP contribution in [0.3, 0.4) is 0 Å². The Labute approximate surface area is 113 Å². The first-order valence-electron chi connectivity index (χ1n) is 5.21. The molecule has 2 rings (SSSR count). The predicted molar refractivity (Wildman–Crippen MR) is 75.1 cm³/mol. The van der Waals surface area contributed by atoms with Gasteiger partial charge in [0.1, 0.15) is 0 Å². The minimum atomic E-state index is -0.138. The summed E-state index contributed by atoms with van der Waals surface area (Å²) in [5, 5.41) is 3.30. The second kappa shape index (κ2) is 5.78. The van der Waals surface area contributed by atoms with Crippen LogP contribution in [-0.2, 0) is 0 Å². The molecule has 18 heavy (non-hydrogen) atoms. The molecule has 4 nitrogen and oxygen atoms in total. The fraction of sp³-hybridized carbons (Fsp3) is 0.167. The van der Waals surface area contributed by atoms with Gasteiger partial charge in [-0.05, 0) is 19.1 Å². The van der Waals surface area contributed by atoms with Gasteiger partial charge < -0.3 is 5.73 Å². The monoisotopic (exact) mass is 277 g/mol. The number of nitrogens with one attached hydrogen (secondary N) is 1. The van der Waals surface area contributed by atoms with Gasteiger partial charge in [-0.3, -0.25) is 10.1 Å². The lowest BCUT2D eigenvalue weighted by atomic mass is 10.4. The Morgan fingerprint density at radius 3 is 3.00 bits per heavy atom. The predicted octanol–water partition coefficient (Wildman–Crippen LogP) is 2.08. The molecule has 0 spiro atoms. The second-order valence-electron chi connectivity index (χ2n) is 3.40. The van der Waals surface area contributed by atoms with Crippen molar-refractivity contribution in [2.24, 2.45) is 5.73 Å². The summed E-state index contributed by atoms with van der Waals surface area (Å²) in [6.07, 6.45) is 1.63. The average Bonchev–Trinajstić information content (AvgIpc) is 2.96. The number of aryl methyl sites for hydroxylation is 1. The third kappa shape index (κ3) is 3.17. The molecule has 1 amide bonds. The van der Waals surface area contributed by atoms with Gasteiger partial charge in [-0.15, -0.1) is 11.3 Å². The van der Waals surface area contributed by atoms with Gasteiger partial charge in [-0.25, -0.2) is 4.98 Å². The molecule has 0 unspecified atom stereocenters. The number of carbonyl (C=O) groups excluding carboxylic acids is 1. The van der Waals surface area contributed by atoms with Crippen LogP contribution in [0.2, 0.25) is 0 Å². The first-order chi connectivity index (χ1) is 8.69. The van der Waals surface area contributed by atoms with Crippen molar-refractivity contribution in [1.29, 1.82) is 0 Å². The maximum Gasteiger partial charge on any atom is 0.267 e. The van der Waals surface area contributed by atoms with Gasteiger partial charge in [0.05, 0.1) is 22.5 Å². The van der Waals surface area contributed by atoms with E-state index >= 15 is 0 Å². The van der Waals surface area contributed by atoms with Crippen LogP contribution in [0.4, 0.5) is 5.13 Å². The van der Waals surface area contributed by atoms with E-state index in [1.807, 2.05) is 13.0 Å². The van der Waals surface area contributed by atoms with E-state index in [2.05, 4.69) is 22.1 Å². The van der Waals surface area contributed by atoms with E-state index in [1.54, 1.807) is 12.3 Å². The van der Waals surface area contributed by atoms with E-state index in [1.165, 1.54) is 22.7 Å². The van der Waals surface area contributed by atoms with E-state index in [-0.39, 0.29) is 5.91 Å². The Kier molecular flexibility index (Phi) is 4.10. The molecule has 92 valence electrons. The number of thiophene rings is 1. The van der Waals surface area contributed by atoms with E-state index in [0.717, 1.165) is 9.75 Å². The van der Waals surface area contributed by atoms with Crippen molar-refractivity contribution in [3.05, 3.63) is 33.0 Å². The average molecular weight is 277 g/mol. The van der Waals surface area contributed by atoms with E-state index < -0.39 is 0 Å². The van der Waals surface area contributed by atoms with Gasteiger partial charge in [-0.2, -0.15) is 0 Å². The first-order valence-corrected chi connectivity index (χ1v) is 6.85. The summed E-state index contributed by atoms with van der Waals surface area (Å²) in [6, 6.07) is 3.72. The number of nitrogens with two attached hydrogens (primary N) is 1. The quantitative estimate of drug-likeness (QED) is 0.826. The molecule has 0 aliphatic rings. The highest BCUT2D eigenvalue weighted by Crippen LogP contribution is 2.20. The fourth-order valence-electron chi connectivity index (χ4n) is 1.24. The van der Waals surface area contributed by atoms with Crippen molar-refractivity contribution < 1.29 is 4.79 Å². The molecule has 2 heterocycles. The summed E-state index contributed by atoms with van der Waals surface area (Å²) in [4.78, 5) is 18.5. The number of amides is 1. The van der Waals surface area contributed by atoms with Gasteiger partial charge in [-0.1, -0.05) is 23.2 Å². The topological polar surface area (TPSA) is 68.0 Å². The minimum Gasteiger partial charge on any atom is -0.320 e. The van der Waals surface area contributed by atoms with Crippen LogP contribution < -0.4 is 11.1 Å². The third-order valence-electron chi connectivity index (χ3n) is 2.00. The highest BCUT2D eigenvalue weighted by Gasteiger charge is 2.10. The molecular formula is C12H11N3OS2. The molecule has 0 aliphatic heterocycles. The summed E-state index contributed by atoms with van der Waals surface area (Å²) in [5.41, 5.74) is 5.28. The second-order valence-corrected chi connectivity index (χ2v) is 5.72. The van der Waals surface area contributed by atoms with Crippen molar-refractivity contribution in [2.45, 2.75) is 6.92 Å². The Morgan fingerprint density at radius 1 is 1.50 bits per heavy atom. The number of anilines is 1. The maximum absolute atomic E-state index is 11.9. The van der Waals surface area contributed by atoms with Gasteiger partial charge in [0, 0.05) is 4.88 Å². The van der Waals surface area contributed by atoms with Crippen LogP contribution in [0.1, 0.15) is 19.4 Å². The smallest absolute Gasteiger partial charge is 0.267 e. The summed E-state index contributed by atoms with van der Waals surface area (Å²) in [6.45, 7) is 2.28. The van der Waals surface area contributed by atoms with Gasteiger partial charge in [0.25, 0.3) is 5.91 Å². The van der Waals surface area contributed by atoms with Crippen molar-refractivity contribution in [3.63, 3.8) is 0 Å². The van der Waals surface area contributed by atoms with Crippen molar-refractivity contribution >= 4 is 33.7 Å². The van der Waals surface area contributed by atoms with Crippen LogP contribution in [0.15, 0.2) is 18.3 Å². The molecule has 0 radical (unpaired) electrons. The van der Waals surface area contributed by atoms with Crippen LogP contribution in [0, 0.1) is 18.8 Å². The molecule has 0 saturated heterocycles. The summed E-state index contributed by atoms with van der Waals surface area (Å²) in [5.74, 6) is 5.48. The molecule has 0 aromatic carbocycles.